The second-order valence-electron chi connectivity index (χ2n) is 6.11. The summed E-state index contributed by atoms with van der Waals surface area (Å²) in [6.45, 7) is 5.27. The van der Waals surface area contributed by atoms with Gasteiger partial charge < -0.3 is 15.1 Å². The van der Waals surface area contributed by atoms with E-state index in [0.29, 0.717) is 10.7 Å². The van der Waals surface area contributed by atoms with Crippen molar-refractivity contribution in [2.45, 2.75) is 6.92 Å². The predicted octanol–water partition coefficient (Wildman–Crippen LogP) is 3.17. The zero-order valence-electron chi connectivity index (χ0n) is 13.9. The van der Waals surface area contributed by atoms with Gasteiger partial charge in [-0.3, -0.25) is 9.78 Å². The number of benzene rings is 1. The van der Waals surface area contributed by atoms with Crippen molar-refractivity contribution in [3.8, 4) is 0 Å². The van der Waals surface area contributed by atoms with Crippen molar-refractivity contribution in [3.63, 3.8) is 0 Å². The van der Waals surface area contributed by atoms with Gasteiger partial charge in [-0.2, -0.15) is 0 Å². The predicted molar refractivity (Wildman–Crippen MR) is 97.1 cm³/mol. The Hall–Kier alpha value is -2.11. The summed E-state index contributed by atoms with van der Waals surface area (Å²) < 4.78 is 0. The number of likely N-dealkylation sites (N-methyl/N-ethyl adjacent to an activating group) is 1. The summed E-state index contributed by atoms with van der Waals surface area (Å²) >= 11 is 5.99. The standard InChI is InChI=1S/C18H21ClN4O/c1-13-11-14(19)3-4-16(13)21-15-5-6-20-17(12-15)18(24)23-9-7-22(2)8-10-23/h3-6,11-12H,7-10H2,1-2H3,(H,20,21). The molecule has 0 spiro atoms. The highest BCUT2D eigenvalue weighted by molar-refractivity contribution is 6.30. The highest BCUT2D eigenvalue weighted by atomic mass is 35.5. The maximum absolute atomic E-state index is 12.6. The van der Waals surface area contributed by atoms with Gasteiger partial charge >= 0.3 is 0 Å². The molecular weight excluding hydrogens is 324 g/mol. The number of rotatable bonds is 3. The first-order valence-corrected chi connectivity index (χ1v) is 8.38. The Morgan fingerprint density at radius 1 is 1.17 bits per heavy atom. The van der Waals surface area contributed by atoms with Gasteiger partial charge in [0, 0.05) is 48.8 Å². The molecule has 6 heteroatoms. The van der Waals surface area contributed by atoms with Gasteiger partial charge in [0.05, 0.1) is 0 Å². The van der Waals surface area contributed by atoms with Gasteiger partial charge in [0.15, 0.2) is 0 Å². The van der Waals surface area contributed by atoms with Gasteiger partial charge in [-0.1, -0.05) is 11.6 Å². The third-order valence-electron chi connectivity index (χ3n) is 4.24. The Bertz CT molecular complexity index is 742. The normalized spacial score (nSPS) is 15.4. The number of aromatic nitrogens is 1. The first-order valence-electron chi connectivity index (χ1n) is 8.00. The van der Waals surface area contributed by atoms with E-state index in [0.717, 1.165) is 43.1 Å². The average molecular weight is 345 g/mol. The second-order valence-corrected chi connectivity index (χ2v) is 6.55. The minimum atomic E-state index is -0.0143. The van der Waals surface area contributed by atoms with E-state index >= 15 is 0 Å². The lowest BCUT2D eigenvalue weighted by atomic mass is 10.2. The quantitative estimate of drug-likeness (QED) is 0.929. The molecule has 24 heavy (non-hydrogen) atoms. The molecule has 1 aromatic heterocycles. The molecule has 1 N–H and O–H groups in total. The number of hydrogen-bond donors (Lipinski definition) is 1. The molecule has 0 bridgehead atoms. The van der Waals surface area contributed by atoms with Gasteiger partial charge in [0.2, 0.25) is 0 Å². The van der Waals surface area contributed by atoms with E-state index in [1.807, 2.05) is 36.1 Å². The van der Waals surface area contributed by atoms with Crippen molar-refractivity contribution in [2.24, 2.45) is 0 Å². The van der Waals surface area contributed by atoms with Crippen molar-refractivity contribution < 1.29 is 4.79 Å². The molecule has 1 saturated heterocycles. The lowest BCUT2D eigenvalue weighted by molar-refractivity contribution is 0.0658. The Morgan fingerprint density at radius 2 is 1.92 bits per heavy atom. The molecule has 1 fully saturated rings. The molecule has 126 valence electrons. The van der Waals surface area contributed by atoms with Crippen molar-refractivity contribution in [1.82, 2.24) is 14.8 Å². The number of nitrogens with zero attached hydrogens (tertiary/aromatic N) is 3. The number of piperazine rings is 1. The first-order chi connectivity index (χ1) is 11.5. The van der Waals surface area contributed by atoms with Crippen LogP contribution in [-0.4, -0.2) is 53.9 Å². The van der Waals surface area contributed by atoms with E-state index in [2.05, 4.69) is 22.2 Å². The summed E-state index contributed by atoms with van der Waals surface area (Å²) in [4.78, 5) is 20.9. The van der Waals surface area contributed by atoms with Crippen LogP contribution in [0.5, 0.6) is 0 Å². The van der Waals surface area contributed by atoms with Gasteiger partial charge in [0.25, 0.3) is 5.91 Å². The van der Waals surface area contributed by atoms with Crippen molar-refractivity contribution in [1.29, 1.82) is 0 Å². The van der Waals surface area contributed by atoms with Crippen LogP contribution in [0.2, 0.25) is 5.02 Å². The molecule has 2 heterocycles. The largest absolute Gasteiger partial charge is 0.355 e. The topological polar surface area (TPSA) is 48.5 Å². The highest BCUT2D eigenvalue weighted by Gasteiger charge is 2.21. The van der Waals surface area contributed by atoms with Crippen molar-refractivity contribution >= 4 is 28.9 Å². The van der Waals surface area contributed by atoms with E-state index in [-0.39, 0.29) is 5.91 Å². The first kappa shape index (κ1) is 16.7. The van der Waals surface area contributed by atoms with Crippen LogP contribution in [-0.2, 0) is 0 Å². The van der Waals surface area contributed by atoms with Gasteiger partial charge in [-0.05, 0) is 49.9 Å². The summed E-state index contributed by atoms with van der Waals surface area (Å²) in [5.41, 5.74) is 3.32. The van der Waals surface area contributed by atoms with E-state index < -0.39 is 0 Å². The Labute approximate surface area is 147 Å². The van der Waals surface area contributed by atoms with Gasteiger partial charge in [0.1, 0.15) is 5.69 Å². The van der Waals surface area contributed by atoms with Crippen LogP contribution in [0.1, 0.15) is 16.1 Å². The molecule has 1 aromatic carbocycles. The number of carbonyl (C=O) groups is 1. The number of hydrogen-bond acceptors (Lipinski definition) is 4. The lowest BCUT2D eigenvalue weighted by Gasteiger charge is -2.32. The van der Waals surface area contributed by atoms with Crippen LogP contribution in [0.3, 0.4) is 0 Å². The molecule has 2 aromatic rings. The SMILES string of the molecule is Cc1cc(Cl)ccc1Nc1ccnc(C(=O)N2CCN(C)CC2)c1. The van der Waals surface area contributed by atoms with Gasteiger partial charge in [-0.25, -0.2) is 0 Å². The molecule has 1 aliphatic heterocycles. The zero-order valence-corrected chi connectivity index (χ0v) is 14.7. The zero-order chi connectivity index (χ0) is 17.1. The Morgan fingerprint density at radius 3 is 2.62 bits per heavy atom. The molecule has 0 saturated carbocycles. The molecule has 1 amide bonds. The Kier molecular flexibility index (Phi) is 5.02. The number of pyridine rings is 1. The summed E-state index contributed by atoms with van der Waals surface area (Å²) in [7, 11) is 2.07. The number of aryl methyl sites for hydroxylation is 1. The van der Waals surface area contributed by atoms with Crippen LogP contribution in [0.15, 0.2) is 36.5 Å². The van der Waals surface area contributed by atoms with Crippen LogP contribution >= 0.6 is 11.6 Å². The highest BCUT2D eigenvalue weighted by Crippen LogP contribution is 2.24. The van der Waals surface area contributed by atoms with Crippen LogP contribution < -0.4 is 5.32 Å². The molecule has 0 radical (unpaired) electrons. The van der Waals surface area contributed by atoms with E-state index in [9.17, 15) is 4.79 Å². The van der Waals surface area contributed by atoms with Crippen LogP contribution in [0, 0.1) is 6.92 Å². The second kappa shape index (κ2) is 7.20. The maximum Gasteiger partial charge on any atom is 0.272 e. The number of anilines is 2. The molecular formula is C18H21ClN4O. The number of halogens is 1. The molecule has 5 nitrogen and oxygen atoms in total. The van der Waals surface area contributed by atoms with Crippen LogP contribution in [0.4, 0.5) is 11.4 Å². The van der Waals surface area contributed by atoms with Crippen LogP contribution in [0.25, 0.3) is 0 Å². The third kappa shape index (κ3) is 3.86. The van der Waals surface area contributed by atoms with Gasteiger partial charge in [-0.15, -0.1) is 0 Å². The van der Waals surface area contributed by atoms with E-state index in [1.165, 1.54) is 0 Å². The molecule has 3 rings (SSSR count). The summed E-state index contributed by atoms with van der Waals surface area (Å²) in [5.74, 6) is -0.0143. The minimum Gasteiger partial charge on any atom is -0.355 e. The lowest BCUT2D eigenvalue weighted by Crippen LogP contribution is -2.47. The summed E-state index contributed by atoms with van der Waals surface area (Å²) in [6.07, 6.45) is 1.66. The third-order valence-corrected chi connectivity index (χ3v) is 4.47. The minimum absolute atomic E-state index is 0.0143. The fraction of sp³-hybridized carbons (Fsp3) is 0.333. The molecule has 0 aliphatic carbocycles. The monoisotopic (exact) mass is 344 g/mol. The number of nitrogens with one attached hydrogen (secondary N) is 1. The molecule has 0 atom stereocenters. The summed E-state index contributed by atoms with van der Waals surface area (Å²) in [5, 5.41) is 4.03. The van der Waals surface area contributed by atoms with E-state index in [4.69, 9.17) is 11.6 Å². The number of carbonyl (C=O) groups excluding carboxylic acids is 1. The Balaban J connectivity index is 1.75. The summed E-state index contributed by atoms with van der Waals surface area (Å²) in [6, 6.07) is 9.33. The van der Waals surface area contributed by atoms with Crippen molar-refractivity contribution in [2.75, 3.05) is 38.5 Å². The fourth-order valence-electron chi connectivity index (χ4n) is 2.72. The molecule has 1 aliphatic rings. The number of amides is 1. The fourth-order valence-corrected chi connectivity index (χ4v) is 2.95. The maximum atomic E-state index is 12.6. The average Bonchev–Trinajstić information content (AvgIpc) is 2.58. The smallest absolute Gasteiger partial charge is 0.272 e. The van der Waals surface area contributed by atoms with E-state index in [1.54, 1.807) is 12.3 Å². The van der Waals surface area contributed by atoms with Crippen molar-refractivity contribution in [3.05, 3.63) is 52.8 Å². The molecule has 0 unspecified atom stereocenters.